The van der Waals surface area contributed by atoms with Gasteiger partial charge in [0.2, 0.25) is 0 Å². The predicted molar refractivity (Wildman–Crippen MR) is 134 cm³/mol. The molecule has 0 aromatic rings. The number of carbonyl (C=O) groups is 2. The molecule has 0 unspecified atom stereocenters. The molecule has 0 aromatic heterocycles. The first-order chi connectivity index (χ1) is 20.3. The third-order valence-electron chi connectivity index (χ3n) is 7.38. The Kier molecular flexibility index (Phi) is 13.4. The number of carboxylic acids is 2. The van der Waals surface area contributed by atoms with Crippen LogP contribution in [0, 0.1) is 0 Å². The molecule has 0 saturated carbocycles. The maximum Gasteiger partial charge on any atom is 0.335 e. The minimum absolute atomic E-state index is 0.0534. The van der Waals surface area contributed by atoms with E-state index in [-0.39, 0.29) is 6.61 Å². The average molecular weight is 632 g/mol. The third kappa shape index (κ3) is 8.34. The minimum Gasteiger partial charge on any atom is -0.479 e. The Morgan fingerprint density at radius 2 is 1.14 bits per heavy atom. The van der Waals surface area contributed by atoms with Crippen LogP contribution in [0.4, 0.5) is 0 Å². The first-order valence-corrected chi connectivity index (χ1v) is 13.8. The molecule has 3 saturated heterocycles. The Balaban J connectivity index is 1.70. The molecule has 250 valence electrons. The molecule has 3 aliphatic rings. The standard InChI is InChI=1S/C24H41NO18/c25-5-3-1-2-4-6-38-22-15(33)17(14(32)19(42-22)21(36)37)41-23-13(31)11(29)16(8(7-26)39-23)40-24-12(30)9(27)10(28)18(43-24)20(34)35/h8-19,22-24,26-33H,1-7,25H2,(H,34,35)(H,36,37)/t8-,9+,10+,11-,12-,13-,14+,15-,16-,17+,18+,19+,22-,23+,24-/m1/s1. The average Bonchev–Trinajstić information content (AvgIpc) is 2.96. The molecular formula is C24H41NO18. The number of hydrogen-bond acceptors (Lipinski definition) is 17. The first-order valence-electron chi connectivity index (χ1n) is 13.8. The van der Waals surface area contributed by atoms with Crippen LogP contribution in [0.3, 0.4) is 0 Å². The van der Waals surface area contributed by atoms with Gasteiger partial charge < -0.3 is 85.2 Å². The van der Waals surface area contributed by atoms with Gasteiger partial charge in [0, 0.05) is 6.61 Å². The molecule has 0 radical (unpaired) electrons. The van der Waals surface area contributed by atoms with Crippen molar-refractivity contribution in [2.45, 2.75) is 118 Å². The fourth-order valence-electron chi connectivity index (χ4n) is 4.94. The van der Waals surface area contributed by atoms with Crippen LogP contribution in [-0.2, 0) is 38.0 Å². The Morgan fingerprint density at radius 3 is 1.74 bits per heavy atom. The molecule has 3 fully saturated rings. The SMILES string of the molecule is NCCCCCCO[C@@H]1O[C@H](C(=O)O)[C@@H](O)[C@H](O[C@@H]2O[C@H](CO)[C@@H](O[C@@H]3O[C@H](C(=O)O)[C@@H](O)[C@H](O)[C@H]3O)[C@H](O)[C@H]2O)[C@H]1O. The van der Waals surface area contributed by atoms with Gasteiger partial charge in [-0.2, -0.15) is 0 Å². The second-order valence-electron chi connectivity index (χ2n) is 10.5. The summed E-state index contributed by atoms with van der Waals surface area (Å²) in [5.74, 6) is -3.32. The van der Waals surface area contributed by atoms with Gasteiger partial charge in [0.15, 0.2) is 31.1 Å². The Hall–Kier alpha value is -1.66. The predicted octanol–water partition coefficient (Wildman–Crippen LogP) is -5.84. The lowest BCUT2D eigenvalue weighted by Gasteiger charge is -2.47. The van der Waals surface area contributed by atoms with Crippen LogP contribution in [0.2, 0.25) is 0 Å². The number of rotatable bonds is 14. The number of nitrogens with two attached hydrogens (primary N) is 1. The van der Waals surface area contributed by atoms with E-state index in [2.05, 4.69) is 0 Å². The van der Waals surface area contributed by atoms with Crippen molar-refractivity contribution in [1.29, 1.82) is 0 Å². The van der Waals surface area contributed by atoms with Crippen molar-refractivity contribution in [3.05, 3.63) is 0 Å². The largest absolute Gasteiger partial charge is 0.479 e. The summed E-state index contributed by atoms with van der Waals surface area (Å²) in [6.07, 6.45) is -25.7. The Morgan fingerprint density at radius 1 is 0.605 bits per heavy atom. The molecule has 3 aliphatic heterocycles. The first kappa shape index (κ1) is 35.8. The van der Waals surface area contributed by atoms with E-state index >= 15 is 0 Å². The number of ether oxygens (including phenoxy) is 6. The lowest BCUT2D eigenvalue weighted by Crippen LogP contribution is -2.67. The summed E-state index contributed by atoms with van der Waals surface area (Å²) in [7, 11) is 0. The monoisotopic (exact) mass is 631 g/mol. The number of carboxylic acid groups (broad SMARTS) is 2. The van der Waals surface area contributed by atoms with Crippen molar-refractivity contribution in [2.75, 3.05) is 19.8 Å². The van der Waals surface area contributed by atoms with Crippen molar-refractivity contribution in [3.8, 4) is 0 Å². The molecule has 19 nitrogen and oxygen atoms in total. The van der Waals surface area contributed by atoms with Crippen LogP contribution in [0.1, 0.15) is 25.7 Å². The van der Waals surface area contributed by atoms with E-state index in [1.165, 1.54) is 0 Å². The molecule has 3 heterocycles. The smallest absolute Gasteiger partial charge is 0.335 e. The second-order valence-corrected chi connectivity index (χ2v) is 10.5. The van der Waals surface area contributed by atoms with Gasteiger partial charge in [-0.25, -0.2) is 9.59 Å². The molecule has 0 amide bonds. The van der Waals surface area contributed by atoms with Crippen LogP contribution in [0.25, 0.3) is 0 Å². The minimum atomic E-state index is -2.06. The molecule has 15 atom stereocenters. The maximum absolute atomic E-state index is 11.7. The van der Waals surface area contributed by atoms with Crippen LogP contribution in [0.15, 0.2) is 0 Å². The van der Waals surface area contributed by atoms with E-state index in [4.69, 9.17) is 34.2 Å². The second kappa shape index (κ2) is 16.1. The number of aliphatic hydroxyl groups is 8. The number of aliphatic hydroxyl groups excluding tert-OH is 8. The van der Waals surface area contributed by atoms with Crippen molar-refractivity contribution in [3.63, 3.8) is 0 Å². The molecule has 19 heteroatoms. The molecule has 0 bridgehead atoms. The van der Waals surface area contributed by atoms with Crippen LogP contribution in [0.5, 0.6) is 0 Å². The highest BCUT2D eigenvalue weighted by Crippen LogP contribution is 2.32. The zero-order valence-electron chi connectivity index (χ0n) is 22.9. The van der Waals surface area contributed by atoms with Crippen molar-refractivity contribution < 1.29 is 89.1 Å². The molecule has 43 heavy (non-hydrogen) atoms. The van der Waals surface area contributed by atoms with Crippen LogP contribution < -0.4 is 5.73 Å². The van der Waals surface area contributed by atoms with Crippen molar-refractivity contribution in [1.82, 2.24) is 0 Å². The van der Waals surface area contributed by atoms with Gasteiger partial charge in [-0.05, 0) is 19.4 Å². The summed E-state index contributed by atoms with van der Waals surface area (Å²) < 4.78 is 32.0. The Labute approximate surface area is 244 Å². The third-order valence-corrected chi connectivity index (χ3v) is 7.38. The molecule has 3 rings (SSSR count). The molecular weight excluding hydrogens is 590 g/mol. The number of unbranched alkanes of at least 4 members (excludes halogenated alkanes) is 3. The van der Waals surface area contributed by atoms with Gasteiger partial charge in [-0.3, -0.25) is 0 Å². The lowest BCUT2D eigenvalue weighted by molar-refractivity contribution is -0.376. The Bertz CT molecular complexity index is 896. The number of aliphatic carboxylic acids is 2. The van der Waals surface area contributed by atoms with Gasteiger partial charge in [0.1, 0.15) is 61.0 Å². The lowest BCUT2D eigenvalue weighted by atomic mass is 9.96. The summed E-state index contributed by atoms with van der Waals surface area (Å²) in [5, 5.41) is 102. The van der Waals surface area contributed by atoms with Gasteiger partial charge in [-0.15, -0.1) is 0 Å². The summed E-state index contributed by atoms with van der Waals surface area (Å²) in [6.45, 7) is -0.361. The highest BCUT2D eigenvalue weighted by atomic mass is 16.8. The highest BCUT2D eigenvalue weighted by molar-refractivity contribution is 5.73. The highest BCUT2D eigenvalue weighted by Gasteiger charge is 2.55. The maximum atomic E-state index is 11.7. The molecule has 12 N–H and O–H groups in total. The fourth-order valence-corrected chi connectivity index (χ4v) is 4.94. The summed E-state index contributed by atoms with van der Waals surface area (Å²) in [5.41, 5.74) is 5.45. The summed E-state index contributed by atoms with van der Waals surface area (Å²) >= 11 is 0. The molecule has 0 aliphatic carbocycles. The van der Waals surface area contributed by atoms with E-state index < -0.39 is 111 Å². The van der Waals surface area contributed by atoms with Crippen molar-refractivity contribution in [2.24, 2.45) is 5.73 Å². The van der Waals surface area contributed by atoms with E-state index in [9.17, 15) is 60.7 Å². The number of hydrogen-bond donors (Lipinski definition) is 11. The van der Waals surface area contributed by atoms with Crippen LogP contribution >= 0.6 is 0 Å². The normalized spacial score (nSPS) is 43.8. The van der Waals surface area contributed by atoms with Gasteiger partial charge >= 0.3 is 11.9 Å². The summed E-state index contributed by atoms with van der Waals surface area (Å²) in [6, 6.07) is 0. The molecule has 0 aromatic carbocycles. The quantitative estimate of drug-likeness (QED) is 0.0795. The molecule has 0 spiro atoms. The van der Waals surface area contributed by atoms with Gasteiger partial charge in [0.05, 0.1) is 6.61 Å². The van der Waals surface area contributed by atoms with E-state index in [1.807, 2.05) is 0 Å². The van der Waals surface area contributed by atoms with Crippen molar-refractivity contribution >= 4 is 11.9 Å². The van der Waals surface area contributed by atoms with Crippen LogP contribution in [-0.4, -0.2) is 175 Å². The van der Waals surface area contributed by atoms with Gasteiger partial charge in [-0.1, -0.05) is 12.8 Å². The zero-order chi connectivity index (χ0) is 32.0. The fraction of sp³-hybridized carbons (Fsp3) is 0.917. The zero-order valence-corrected chi connectivity index (χ0v) is 22.9. The summed E-state index contributed by atoms with van der Waals surface area (Å²) in [4.78, 5) is 23.1. The van der Waals surface area contributed by atoms with Gasteiger partial charge in [0.25, 0.3) is 0 Å². The van der Waals surface area contributed by atoms with E-state index in [0.717, 1.165) is 19.3 Å². The van der Waals surface area contributed by atoms with E-state index in [0.29, 0.717) is 13.0 Å². The van der Waals surface area contributed by atoms with E-state index in [1.54, 1.807) is 0 Å². The topological polar surface area (TPSA) is 318 Å².